The van der Waals surface area contributed by atoms with Crippen LogP contribution in [0.5, 0.6) is 5.75 Å². The molecule has 0 saturated heterocycles. The molecule has 6 heteroatoms. The molecule has 0 aromatic heterocycles. The number of carboxylic acid groups (broad SMARTS) is 1. The number of carbonyl (C=O) groups is 2. The van der Waals surface area contributed by atoms with E-state index in [1.54, 1.807) is 24.3 Å². The van der Waals surface area contributed by atoms with Crippen molar-refractivity contribution in [2.75, 3.05) is 13.2 Å². The molecule has 0 bridgehead atoms. The predicted molar refractivity (Wildman–Crippen MR) is 82.3 cm³/mol. The fraction of sp³-hybridized carbons (Fsp3) is 0.500. The van der Waals surface area contributed by atoms with Crippen LogP contribution in [0.2, 0.25) is 0 Å². The van der Waals surface area contributed by atoms with Crippen LogP contribution in [0.1, 0.15) is 37.0 Å². The average molecular weight is 309 g/mol. The van der Waals surface area contributed by atoms with Crippen molar-refractivity contribution in [2.45, 2.75) is 38.8 Å². The van der Waals surface area contributed by atoms with Gasteiger partial charge in [-0.1, -0.05) is 6.92 Å². The van der Waals surface area contributed by atoms with Crippen LogP contribution < -0.4 is 10.1 Å². The topological polar surface area (TPSA) is 95.9 Å². The Bertz CT molecular complexity index is 484. The molecule has 0 spiro atoms. The van der Waals surface area contributed by atoms with Crippen LogP contribution in [0, 0.1) is 0 Å². The van der Waals surface area contributed by atoms with Gasteiger partial charge in [-0.3, -0.25) is 9.59 Å². The first-order chi connectivity index (χ1) is 10.5. The quantitative estimate of drug-likeness (QED) is 0.566. The summed E-state index contributed by atoms with van der Waals surface area (Å²) in [4.78, 5) is 22.9. The average Bonchev–Trinajstić information content (AvgIpc) is 2.49. The van der Waals surface area contributed by atoms with Crippen molar-refractivity contribution in [1.29, 1.82) is 0 Å². The molecule has 0 aliphatic heterocycles. The molecule has 3 N–H and O–H groups in total. The molecule has 22 heavy (non-hydrogen) atoms. The van der Waals surface area contributed by atoms with Crippen molar-refractivity contribution in [3.05, 3.63) is 29.8 Å². The lowest BCUT2D eigenvalue weighted by atomic mass is 10.1. The lowest BCUT2D eigenvalue weighted by Gasteiger charge is -2.16. The minimum absolute atomic E-state index is 0.0933. The summed E-state index contributed by atoms with van der Waals surface area (Å²) >= 11 is 0. The summed E-state index contributed by atoms with van der Waals surface area (Å²) in [5.41, 5.74) is 0.551. The summed E-state index contributed by atoms with van der Waals surface area (Å²) in [5, 5.41) is 20.9. The second kappa shape index (κ2) is 9.17. The number of Topliss-reactive ketones (excluding diaryl/α,β-unsaturated/α-hetero) is 1. The molecule has 0 saturated carbocycles. The molecule has 1 aromatic carbocycles. The molecular weight excluding hydrogens is 286 g/mol. The van der Waals surface area contributed by atoms with E-state index >= 15 is 0 Å². The van der Waals surface area contributed by atoms with E-state index in [4.69, 9.17) is 9.84 Å². The number of aliphatic carboxylic acids is 1. The van der Waals surface area contributed by atoms with Gasteiger partial charge in [0.05, 0.1) is 12.7 Å². The molecular formula is C16H23NO5. The van der Waals surface area contributed by atoms with Crippen molar-refractivity contribution in [3.8, 4) is 5.75 Å². The Kier molecular flexibility index (Phi) is 7.56. The Morgan fingerprint density at radius 2 is 1.91 bits per heavy atom. The van der Waals surface area contributed by atoms with Gasteiger partial charge < -0.3 is 20.3 Å². The van der Waals surface area contributed by atoms with Crippen LogP contribution in [-0.2, 0) is 4.79 Å². The highest BCUT2D eigenvalue weighted by atomic mass is 16.5. The van der Waals surface area contributed by atoms with Crippen molar-refractivity contribution in [1.82, 2.24) is 5.32 Å². The summed E-state index contributed by atoms with van der Waals surface area (Å²) in [6, 6.07) is 5.80. The van der Waals surface area contributed by atoms with E-state index < -0.39 is 18.1 Å². The molecule has 0 aliphatic rings. The standard InChI is InChI=1S/C16H23NO5/c1-3-10-22-13-6-4-12(5-7-13)14(19)8-9-17-15(11(2)18)16(20)21/h4-7,11,15,17-18H,3,8-10H2,1-2H3,(H,20,21)/t11-,15+/m0/s1. The lowest BCUT2D eigenvalue weighted by Crippen LogP contribution is -2.45. The first-order valence-corrected chi connectivity index (χ1v) is 7.36. The Hall–Kier alpha value is -1.92. The summed E-state index contributed by atoms with van der Waals surface area (Å²) < 4.78 is 5.44. The number of hydrogen-bond acceptors (Lipinski definition) is 5. The molecule has 1 aromatic rings. The minimum atomic E-state index is -1.14. The van der Waals surface area contributed by atoms with Gasteiger partial charge in [0.1, 0.15) is 11.8 Å². The van der Waals surface area contributed by atoms with Crippen LogP contribution in [0.25, 0.3) is 0 Å². The SMILES string of the molecule is CCCOc1ccc(C(=O)CCN[C@@H](C(=O)O)[C@H](C)O)cc1. The maximum atomic E-state index is 12.0. The van der Waals surface area contributed by atoms with Crippen LogP contribution in [0.3, 0.4) is 0 Å². The fourth-order valence-electron chi connectivity index (χ4n) is 1.91. The highest BCUT2D eigenvalue weighted by molar-refractivity contribution is 5.96. The highest BCUT2D eigenvalue weighted by Crippen LogP contribution is 2.13. The second-order valence-corrected chi connectivity index (χ2v) is 5.06. The Labute approximate surface area is 130 Å². The van der Waals surface area contributed by atoms with Crippen LogP contribution in [0.15, 0.2) is 24.3 Å². The van der Waals surface area contributed by atoms with Crippen LogP contribution in [-0.4, -0.2) is 47.3 Å². The molecule has 0 unspecified atom stereocenters. The third kappa shape index (κ3) is 5.83. The number of nitrogens with one attached hydrogen (secondary N) is 1. The third-order valence-corrected chi connectivity index (χ3v) is 3.11. The largest absolute Gasteiger partial charge is 0.494 e. The van der Waals surface area contributed by atoms with Gasteiger partial charge in [-0.15, -0.1) is 0 Å². The Balaban J connectivity index is 2.46. The van der Waals surface area contributed by atoms with E-state index in [1.807, 2.05) is 6.92 Å². The van der Waals surface area contributed by atoms with E-state index in [9.17, 15) is 14.7 Å². The van der Waals surface area contributed by atoms with Gasteiger partial charge in [-0.2, -0.15) is 0 Å². The minimum Gasteiger partial charge on any atom is -0.494 e. The fourth-order valence-corrected chi connectivity index (χ4v) is 1.91. The summed E-state index contributed by atoms with van der Waals surface area (Å²) in [7, 11) is 0. The first-order valence-electron chi connectivity index (χ1n) is 7.36. The summed E-state index contributed by atoms with van der Waals surface area (Å²) in [6.07, 6.45) is 0.0501. The number of aliphatic hydroxyl groups excluding tert-OH is 1. The summed E-state index contributed by atoms with van der Waals surface area (Å²) in [6.45, 7) is 4.23. The first kappa shape index (κ1) is 18.1. The van der Waals surface area contributed by atoms with Gasteiger partial charge in [0.15, 0.2) is 5.78 Å². The number of ketones is 1. The number of rotatable bonds is 10. The molecule has 0 radical (unpaired) electrons. The maximum Gasteiger partial charge on any atom is 0.323 e. The zero-order chi connectivity index (χ0) is 16.5. The van der Waals surface area contributed by atoms with E-state index in [1.165, 1.54) is 6.92 Å². The van der Waals surface area contributed by atoms with E-state index in [0.717, 1.165) is 12.2 Å². The molecule has 122 valence electrons. The lowest BCUT2D eigenvalue weighted by molar-refractivity contribution is -0.142. The molecule has 6 nitrogen and oxygen atoms in total. The maximum absolute atomic E-state index is 12.0. The van der Waals surface area contributed by atoms with E-state index in [-0.39, 0.29) is 18.7 Å². The zero-order valence-corrected chi connectivity index (χ0v) is 12.9. The smallest absolute Gasteiger partial charge is 0.323 e. The third-order valence-electron chi connectivity index (χ3n) is 3.11. The van der Waals surface area contributed by atoms with Gasteiger partial charge in [0, 0.05) is 18.5 Å². The van der Waals surface area contributed by atoms with Gasteiger partial charge >= 0.3 is 5.97 Å². The van der Waals surface area contributed by atoms with E-state index in [2.05, 4.69) is 5.32 Å². The monoisotopic (exact) mass is 309 g/mol. The number of hydrogen-bond donors (Lipinski definition) is 3. The summed E-state index contributed by atoms with van der Waals surface area (Å²) in [5.74, 6) is -0.513. The normalized spacial score (nSPS) is 13.4. The molecule has 1 rings (SSSR count). The van der Waals surface area contributed by atoms with Crippen molar-refractivity contribution in [3.63, 3.8) is 0 Å². The van der Waals surface area contributed by atoms with Crippen molar-refractivity contribution < 1.29 is 24.5 Å². The van der Waals surface area contributed by atoms with Gasteiger partial charge in [0.2, 0.25) is 0 Å². The number of carboxylic acids is 1. The zero-order valence-electron chi connectivity index (χ0n) is 12.9. The van der Waals surface area contributed by atoms with Crippen LogP contribution >= 0.6 is 0 Å². The second-order valence-electron chi connectivity index (χ2n) is 5.06. The number of aliphatic hydroxyl groups is 1. The van der Waals surface area contributed by atoms with Gasteiger partial charge in [-0.25, -0.2) is 0 Å². The van der Waals surface area contributed by atoms with Gasteiger partial charge in [-0.05, 0) is 37.6 Å². The Morgan fingerprint density at radius 1 is 1.27 bits per heavy atom. The van der Waals surface area contributed by atoms with Crippen LogP contribution in [0.4, 0.5) is 0 Å². The number of benzene rings is 1. The highest BCUT2D eigenvalue weighted by Gasteiger charge is 2.22. The molecule has 2 atom stereocenters. The molecule has 0 amide bonds. The predicted octanol–water partition coefficient (Wildman–Crippen LogP) is 1.47. The van der Waals surface area contributed by atoms with Crippen molar-refractivity contribution >= 4 is 11.8 Å². The molecule has 0 aliphatic carbocycles. The molecule has 0 heterocycles. The van der Waals surface area contributed by atoms with E-state index in [0.29, 0.717) is 12.2 Å². The Morgan fingerprint density at radius 3 is 2.41 bits per heavy atom. The number of carbonyl (C=O) groups excluding carboxylic acids is 1. The van der Waals surface area contributed by atoms with Gasteiger partial charge in [0.25, 0.3) is 0 Å². The van der Waals surface area contributed by atoms with Crippen molar-refractivity contribution in [2.24, 2.45) is 0 Å². The number of ether oxygens (including phenoxy) is 1. The molecule has 0 fully saturated rings.